The molecule has 1 aliphatic rings. The maximum absolute atomic E-state index is 10.8. The maximum Gasteiger partial charge on any atom is 0.306 e. The smallest absolute Gasteiger partial charge is 0.306 e. The predicted molar refractivity (Wildman–Crippen MR) is 64.1 cm³/mol. The number of nitriles is 1. The lowest BCUT2D eigenvalue weighted by Gasteiger charge is -2.18. The zero-order valence-electron chi connectivity index (χ0n) is 9.39. The summed E-state index contributed by atoms with van der Waals surface area (Å²) in [5, 5.41) is 17.6. The van der Waals surface area contributed by atoms with Gasteiger partial charge >= 0.3 is 5.97 Å². The van der Waals surface area contributed by atoms with Crippen molar-refractivity contribution in [2.24, 2.45) is 5.92 Å². The van der Waals surface area contributed by atoms with Crippen LogP contribution in [0.25, 0.3) is 5.57 Å². The van der Waals surface area contributed by atoms with E-state index in [2.05, 4.69) is 6.07 Å². The highest BCUT2D eigenvalue weighted by molar-refractivity contribution is 5.74. The number of rotatable bonds is 2. The van der Waals surface area contributed by atoms with Gasteiger partial charge < -0.3 is 5.11 Å². The lowest BCUT2D eigenvalue weighted by molar-refractivity contribution is -0.141. The van der Waals surface area contributed by atoms with Crippen LogP contribution in [-0.4, -0.2) is 11.1 Å². The molecule has 1 aromatic rings. The lowest BCUT2D eigenvalue weighted by Crippen LogP contribution is -2.15. The first-order valence-corrected chi connectivity index (χ1v) is 5.63. The molecule has 0 radical (unpaired) electrons. The molecule has 86 valence electrons. The SMILES string of the molecule is N#Cc1ccc(C2=CCC(C(=O)O)CC2)cc1. The highest BCUT2D eigenvalue weighted by atomic mass is 16.4. The average molecular weight is 227 g/mol. The van der Waals surface area contributed by atoms with Crippen molar-refractivity contribution in [2.45, 2.75) is 19.3 Å². The molecule has 17 heavy (non-hydrogen) atoms. The minimum Gasteiger partial charge on any atom is -0.481 e. The Hall–Kier alpha value is -2.08. The third kappa shape index (κ3) is 2.54. The number of carboxylic acids is 1. The molecule has 3 nitrogen and oxygen atoms in total. The molecule has 0 heterocycles. The van der Waals surface area contributed by atoms with Crippen molar-refractivity contribution in [2.75, 3.05) is 0 Å². The molecule has 0 fully saturated rings. The predicted octanol–water partition coefficient (Wildman–Crippen LogP) is 2.83. The van der Waals surface area contributed by atoms with E-state index in [0.717, 1.165) is 12.0 Å². The van der Waals surface area contributed by atoms with Crippen LogP contribution in [0, 0.1) is 17.2 Å². The van der Waals surface area contributed by atoms with E-state index in [1.165, 1.54) is 5.57 Å². The number of carboxylic acid groups (broad SMARTS) is 1. The van der Waals surface area contributed by atoms with E-state index in [1.54, 1.807) is 12.1 Å². The number of nitrogens with zero attached hydrogens (tertiary/aromatic N) is 1. The molecule has 1 N–H and O–H groups in total. The highest BCUT2D eigenvalue weighted by Gasteiger charge is 2.20. The van der Waals surface area contributed by atoms with Gasteiger partial charge in [0.2, 0.25) is 0 Å². The van der Waals surface area contributed by atoms with E-state index < -0.39 is 5.97 Å². The van der Waals surface area contributed by atoms with Gasteiger partial charge in [-0.25, -0.2) is 0 Å². The fourth-order valence-corrected chi connectivity index (χ4v) is 2.08. The molecule has 3 heteroatoms. The average Bonchev–Trinajstić information content (AvgIpc) is 2.39. The maximum atomic E-state index is 10.8. The Morgan fingerprint density at radius 1 is 1.35 bits per heavy atom. The van der Waals surface area contributed by atoms with Crippen LogP contribution in [0.5, 0.6) is 0 Å². The molecule has 0 amide bonds. The third-order valence-electron chi connectivity index (χ3n) is 3.14. The number of aliphatic carboxylic acids is 1. The number of hydrogen-bond donors (Lipinski definition) is 1. The largest absolute Gasteiger partial charge is 0.481 e. The van der Waals surface area contributed by atoms with Gasteiger partial charge in [-0.2, -0.15) is 5.26 Å². The first-order chi connectivity index (χ1) is 8.20. The van der Waals surface area contributed by atoms with Crippen LogP contribution in [0.15, 0.2) is 30.3 Å². The summed E-state index contributed by atoms with van der Waals surface area (Å²) in [5.74, 6) is -0.947. The summed E-state index contributed by atoms with van der Waals surface area (Å²) in [5.41, 5.74) is 2.92. The van der Waals surface area contributed by atoms with Gasteiger partial charge in [-0.1, -0.05) is 18.2 Å². The van der Waals surface area contributed by atoms with Crippen LogP contribution in [0.2, 0.25) is 0 Å². The van der Waals surface area contributed by atoms with Gasteiger partial charge in [0, 0.05) is 0 Å². The van der Waals surface area contributed by atoms with Crippen LogP contribution in [0.3, 0.4) is 0 Å². The Kier molecular flexibility index (Phi) is 3.24. The molecular formula is C14H13NO2. The van der Waals surface area contributed by atoms with E-state index >= 15 is 0 Å². The fraction of sp³-hybridized carbons (Fsp3) is 0.286. The Morgan fingerprint density at radius 2 is 2.06 bits per heavy atom. The normalized spacial score (nSPS) is 19.2. The number of hydrogen-bond acceptors (Lipinski definition) is 2. The molecule has 0 saturated heterocycles. The third-order valence-corrected chi connectivity index (χ3v) is 3.14. The molecule has 1 aliphatic carbocycles. The molecule has 0 spiro atoms. The van der Waals surface area contributed by atoms with Crippen LogP contribution in [0.1, 0.15) is 30.4 Å². The van der Waals surface area contributed by atoms with E-state index in [4.69, 9.17) is 10.4 Å². The minimum atomic E-state index is -0.708. The molecule has 0 saturated carbocycles. The molecule has 0 bridgehead atoms. The van der Waals surface area contributed by atoms with Gasteiger partial charge in [0.25, 0.3) is 0 Å². The second-order valence-corrected chi connectivity index (χ2v) is 4.23. The summed E-state index contributed by atoms with van der Waals surface area (Å²) < 4.78 is 0. The van der Waals surface area contributed by atoms with Crippen molar-refractivity contribution >= 4 is 11.5 Å². The first-order valence-electron chi connectivity index (χ1n) is 5.63. The van der Waals surface area contributed by atoms with Crippen molar-refractivity contribution in [3.63, 3.8) is 0 Å². The summed E-state index contributed by atoms with van der Waals surface area (Å²) in [7, 11) is 0. The van der Waals surface area contributed by atoms with Crippen molar-refractivity contribution in [1.29, 1.82) is 5.26 Å². The minimum absolute atomic E-state index is 0.239. The zero-order chi connectivity index (χ0) is 12.3. The lowest BCUT2D eigenvalue weighted by atomic mass is 9.86. The summed E-state index contributed by atoms with van der Waals surface area (Å²) in [6, 6.07) is 9.51. The van der Waals surface area contributed by atoms with Crippen LogP contribution >= 0.6 is 0 Å². The van der Waals surface area contributed by atoms with E-state index in [9.17, 15) is 4.79 Å². The molecule has 1 aromatic carbocycles. The van der Waals surface area contributed by atoms with Crippen molar-refractivity contribution in [1.82, 2.24) is 0 Å². The van der Waals surface area contributed by atoms with Gasteiger partial charge in [-0.3, -0.25) is 4.79 Å². The Labute approximate surface area is 100 Å². The Balaban J connectivity index is 2.14. The standard InChI is InChI=1S/C14H13NO2/c15-9-10-1-3-11(4-2-10)12-5-7-13(8-6-12)14(16)17/h1-5,13H,6-8H2,(H,16,17). The second kappa shape index (κ2) is 4.84. The van der Waals surface area contributed by atoms with Crippen LogP contribution in [0.4, 0.5) is 0 Å². The number of carbonyl (C=O) groups is 1. The summed E-state index contributed by atoms with van der Waals surface area (Å²) in [6.45, 7) is 0. The fourth-order valence-electron chi connectivity index (χ4n) is 2.08. The molecule has 1 atom stereocenters. The molecular weight excluding hydrogens is 214 g/mol. The van der Waals surface area contributed by atoms with Crippen molar-refractivity contribution in [3.05, 3.63) is 41.5 Å². The van der Waals surface area contributed by atoms with Gasteiger partial charge in [0.15, 0.2) is 0 Å². The molecule has 1 unspecified atom stereocenters. The van der Waals surface area contributed by atoms with Gasteiger partial charge in [0.05, 0.1) is 17.6 Å². The van der Waals surface area contributed by atoms with Gasteiger partial charge in [0.1, 0.15) is 0 Å². The molecule has 2 rings (SSSR count). The van der Waals surface area contributed by atoms with Crippen molar-refractivity contribution in [3.8, 4) is 6.07 Å². The zero-order valence-corrected chi connectivity index (χ0v) is 9.39. The van der Waals surface area contributed by atoms with E-state index in [-0.39, 0.29) is 5.92 Å². The Bertz CT molecular complexity index is 494. The summed E-state index contributed by atoms with van der Waals surface area (Å²) in [4.78, 5) is 10.8. The Morgan fingerprint density at radius 3 is 2.53 bits per heavy atom. The van der Waals surface area contributed by atoms with Crippen LogP contribution < -0.4 is 0 Å². The van der Waals surface area contributed by atoms with Gasteiger partial charge in [-0.15, -0.1) is 0 Å². The first kappa shape index (κ1) is 11.4. The quantitative estimate of drug-likeness (QED) is 0.845. The van der Waals surface area contributed by atoms with Crippen molar-refractivity contribution < 1.29 is 9.90 Å². The highest BCUT2D eigenvalue weighted by Crippen LogP contribution is 2.30. The monoisotopic (exact) mass is 227 g/mol. The summed E-state index contributed by atoms with van der Waals surface area (Å²) in [6.07, 6.45) is 4.10. The van der Waals surface area contributed by atoms with Crippen LogP contribution in [-0.2, 0) is 4.79 Å². The topological polar surface area (TPSA) is 61.1 Å². The van der Waals surface area contributed by atoms with Gasteiger partial charge in [-0.05, 0) is 42.5 Å². The molecule has 0 aliphatic heterocycles. The van der Waals surface area contributed by atoms with E-state index in [0.29, 0.717) is 18.4 Å². The number of allylic oxidation sites excluding steroid dienone is 2. The second-order valence-electron chi connectivity index (χ2n) is 4.23. The molecule has 0 aromatic heterocycles. The number of benzene rings is 1. The summed E-state index contributed by atoms with van der Waals surface area (Å²) >= 11 is 0. The van der Waals surface area contributed by atoms with E-state index in [1.807, 2.05) is 18.2 Å².